The smallest absolute Gasteiger partial charge is 0.195 e. The summed E-state index contributed by atoms with van der Waals surface area (Å²) in [5.41, 5.74) is 12.8. The predicted molar refractivity (Wildman–Crippen MR) is 206 cm³/mol. The monoisotopic (exact) mass is 653 g/mol. The molecule has 0 aliphatic heterocycles. The van der Waals surface area contributed by atoms with Gasteiger partial charge in [0.15, 0.2) is 23.2 Å². The molecule has 240 valence electrons. The summed E-state index contributed by atoms with van der Waals surface area (Å²) >= 11 is 0. The third kappa shape index (κ3) is 5.17. The minimum Gasteiger partial charge on any atom is -0.256 e. The Morgan fingerprint density at radius 2 is 1.12 bits per heavy atom. The summed E-state index contributed by atoms with van der Waals surface area (Å²) in [5, 5.41) is 1.08. The molecule has 1 aliphatic carbocycles. The van der Waals surface area contributed by atoms with Gasteiger partial charge in [-0.2, -0.15) is 0 Å². The van der Waals surface area contributed by atoms with Gasteiger partial charge in [-0.25, -0.2) is 19.8 Å². The molecular formula is C46H31N5. The van der Waals surface area contributed by atoms with Crippen molar-refractivity contribution in [1.29, 1.82) is 0 Å². The highest BCUT2D eigenvalue weighted by atomic mass is 15.0. The lowest BCUT2D eigenvalue weighted by Gasteiger charge is -2.22. The summed E-state index contributed by atoms with van der Waals surface area (Å²) in [6.45, 7) is 12.4. The first-order chi connectivity index (χ1) is 25.0. The molecule has 51 heavy (non-hydrogen) atoms. The van der Waals surface area contributed by atoms with Gasteiger partial charge >= 0.3 is 0 Å². The lowest BCUT2D eigenvalue weighted by molar-refractivity contribution is 0.661. The van der Waals surface area contributed by atoms with E-state index in [1.165, 1.54) is 11.1 Å². The second-order valence-electron chi connectivity index (χ2n) is 13.4. The quantitative estimate of drug-likeness (QED) is 0.173. The molecule has 0 unspecified atom stereocenters. The van der Waals surface area contributed by atoms with Crippen molar-refractivity contribution in [3.8, 4) is 67.5 Å². The molecule has 2 heterocycles. The molecule has 5 nitrogen and oxygen atoms in total. The molecule has 0 saturated heterocycles. The fourth-order valence-corrected chi connectivity index (χ4v) is 7.39. The van der Waals surface area contributed by atoms with Crippen molar-refractivity contribution < 1.29 is 0 Å². The van der Waals surface area contributed by atoms with Gasteiger partial charge in [-0.3, -0.25) is 4.98 Å². The highest BCUT2D eigenvalue weighted by Gasteiger charge is 2.36. The highest BCUT2D eigenvalue weighted by Crippen LogP contribution is 2.53. The van der Waals surface area contributed by atoms with E-state index in [0.717, 1.165) is 61.0 Å². The Morgan fingerprint density at radius 3 is 1.82 bits per heavy atom. The van der Waals surface area contributed by atoms with Gasteiger partial charge in [0, 0.05) is 39.3 Å². The number of para-hydroxylation sites is 1. The minimum atomic E-state index is -0.259. The Bertz CT molecular complexity index is 2610. The normalized spacial score (nSPS) is 12.6. The third-order valence-electron chi connectivity index (χ3n) is 9.97. The molecule has 0 atom stereocenters. The molecule has 2 aromatic heterocycles. The molecule has 0 fully saturated rings. The highest BCUT2D eigenvalue weighted by molar-refractivity contribution is 5.96. The number of hydrogen-bond donors (Lipinski definition) is 0. The molecule has 9 rings (SSSR count). The number of benzene rings is 6. The zero-order chi connectivity index (χ0) is 34.5. The van der Waals surface area contributed by atoms with E-state index < -0.39 is 0 Å². The van der Waals surface area contributed by atoms with Crippen molar-refractivity contribution in [2.24, 2.45) is 0 Å². The van der Waals surface area contributed by atoms with Crippen molar-refractivity contribution in [3.05, 3.63) is 174 Å². The number of hydrogen-bond acceptors (Lipinski definition) is 4. The van der Waals surface area contributed by atoms with Gasteiger partial charge < -0.3 is 0 Å². The molecule has 1 aliphatic rings. The molecule has 0 N–H and O–H groups in total. The van der Waals surface area contributed by atoms with Crippen LogP contribution in [0.15, 0.2) is 152 Å². The van der Waals surface area contributed by atoms with Gasteiger partial charge in [0.2, 0.25) is 0 Å². The first-order valence-electron chi connectivity index (χ1n) is 17.0. The van der Waals surface area contributed by atoms with Crippen LogP contribution >= 0.6 is 0 Å². The summed E-state index contributed by atoms with van der Waals surface area (Å²) in [4.78, 5) is 23.8. The Labute approximate surface area is 296 Å². The van der Waals surface area contributed by atoms with Gasteiger partial charge in [0.05, 0.1) is 12.1 Å². The number of pyridine rings is 1. The average molecular weight is 654 g/mol. The van der Waals surface area contributed by atoms with Crippen LogP contribution in [-0.2, 0) is 5.41 Å². The molecule has 6 aromatic carbocycles. The summed E-state index contributed by atoms with van der Waals surface area (Å²) in [6.07, 6.45) is 1.85. The SMILES string of the molecule is [C-]#[N+]c1cccc2c1-c1ccc(-c3cc(-c4nc(-c5ccccc5)nc(-c5ccccc5)n4)cc(-c4cccc5cccnc45)c3)cc1C2(C)C. The second-order valence-corrected chi connectivity index (χ2v) is 13.4. The minimum absolute atomic E-state index is 0.259. The maximum Gasteiger partial charge on any atom is 0.195 e. The zero-order valence-corrected chi connectivity index (χ0v) is 28.2. The van der Waals surface area contributed by atoms with Crippen molar-refractivity contribution in [1.82, 2.24) is 19.9 Å². The topological polar surface area (TPSA) is 55.9 Å². The van der Waals surface area contributed by atoms with E-state index in [9.17, 15) is 0 Å². The van der Waals surface area contributed by atoms with E-state index in [1.54, 1.807) is 0 Å². The molecule has 0 bridgehead atoms. The average Bonchev–Trinajstić information content (AvgIpc) is 3.43. The van der Waals surface area contributed by atoms with Crippen molar-refractivity contribution in [2.75, 3.05) is 0 Å². The molecule has 0 spiro atoms. The first kappa shape index (κ1) is 30.3. The molecule has 0 radical (unpaired) electrons. The standard InChI is InChI=1S/C46H31N5/c1-46(2)38-20-11-21-40(47-3)41(38)37-23-22-32(28-39(37)46)33-25-34(36-19-10-17-29-18-12-24-48-42(29)36)27-35(26-33)45-50-43(30-13-6-4-7-14-30)49-44(51-45)31-15-8-5-9-16-31/h4-28H,1-2H3. The van der Waals surface area contributed by atoms with Crippen LogP contribution in [0.2, 0.25) is 0 Å². The molecule has 0 amide bonds. The third-order valence-corrected chi connectivity index (χ3v) is 9.97. The van der Waals surface area contributed by atoms with Crippen LogP contribution < -0.4 is 0 Å². The van der Waals surface area contributed by atoms with Crippen LogP contribution in [0.1, 0.15) is 25.0 Å². The van der Waals surface area contributed by atoms with Crippen molar-refractivity contribution in [3.63, 3.8) is 0 Å². The van der Waals surface area contributed by atoms with E-state index >= 15 is 0 Å². The summed E-state index contributed by atoms with van der Waals surface area (Å²) in [7, 11) is 0. The van der Waals surface area contributed by atoms with Gasteiger partial charge in [0.25, 0.3) is 0 Å². The van der Waals surface area contributed by atoms with E-state index in [4.69, 9.17) is 26.5 Å². The number of fused-ring (bicyclic) bond motifs is 4. The summed E-state index contributed by atoms with van der Waals surface area (Å²) in [6, 6.07) is 49.8. The first-order valence-corrected chi connectivity index (χ1v) is 17.0. The van der Waals surface area contributed by atoms with Gasteiger partial charge in [-0.15, -0.1) is 0 Å². The molecular weight excluding hydrogens is 623 g/mol. The van der Waals surface area contributed by atoms with Gasteiger partial charge in [-0.05, 0) is 69.3 Å². The Balaban J connectivity index is 1.28. The van der Waals surface area contributed by atoms with Crippen LogP contribution in [0.4, 0.5) is 5.69 Å². The number of rotatable bonds is 5. The molecule has 5 heteroatoms. The van der Waals surface area contributed by atoms with Crippen LogP contribution in [0.5, 0.6) is 0 Å². The van der Waals surface area contributed by atoms with E-state index in [0.29, 0.717) is 23.2 Å². The van der Waals surface area contributed by atoms with Crippen LogP contribution in [-0.4, -0.2) is 19.9 Å². The summed E-state index contributed by atoms with van der Waals surface area (Å²) < 4.78 is 0. The number of nitrogens with zero attached hydrogens (tertiary/aromatic N) is 5. The Hall–Kier alpha value is -6.77. The lowest BCUT2D eigenvalue weighted by atomic mass is 9.81. The van der Waals surface area contributed by atoms with Crippen LogP contribution in [0.3, 0.4) is 0 Å². The predicted octanol–water partition coefficient (Wildman–Crippen LogP) is 11.6. The maximum atomic E-state index is 7.87. The maximum absolute atomic E-state index is 7.87. The molecule has 8 aromatic rings. The van der Waals surface area contributed by atoms with Gasteiger partial charge in [-0.1, -0.05) is 129 Å². The van der Waals surface area contributed by atoms with Gasteiger partial charge in [0.1, 0.15) is 0 Å². The van der Waals surface area contributed by atoms with Crippen LogP contribution in [0, 0.1) is 6.57 Å². The lowest BCUT2D eigenvalue weighted by Crippen LogP contribution is -2.14. The largest absolute Gasteiger partial charge is 0.256 e. The van der Waals surface area contributed by atoms with E-state index in [2.05, 4.69) is 85.4 Å². The second kappa shape index (κ2) is 12.0. The molecule has 0 saturated carbocycles. The Morgan fingerprint density at radius 1 is 0.490 bits per heavy atom. The summed E-state index contributed by atoms with van der Waals surface area (Å²) in [5.74, 6) is 1.83. The van der Waals surface area contributed by atoms with Crippen molar-refractivity contribution in [2.45, 2.75) is 19.3 Å². The van der Waals surface area contributed by atoms with Crippen molar-refractivity contribution >= 4 is 16.6 Å². The van der Waals surface area contributed by atoms with Crippen LogP contribution in [0.25, 0.3) is 83.3 Å². The Kier molecular flexibility index (Phi) is 7.12. The van der Waals surface area contributed by atoms with E-state index in [-0.39, 0.29) is 5.41 Å². The number of aromatic nitrogens is 4. The van der Waals surface area contributed by atoms with E-state index in [1.807, 2.05) is 85.1 Å². The fraction of sp³-hybridized carbons (Fsp3) is 0.0652. The fourth-order valence-electron chi connectivity index (χ4n) is 7.39. The zero-order valence-electron chi connectivity index (χ0n) is 28.2.